The summed E-state index contributed by atoms with van der Waals surface area (Å²) in [5, 5.41) is 14.7. The second-order valence-electron chi connectivity index (χ2n) is 5.98. The fourth-order valence-electron chi connectivity index (χ4n) is 1.93. The van der Waals surface area contributed by atoms with Gasteiger partial charge in [0.1, 0.15) is 5.60 Å². The molecule has 1 atom stereocenters. The van der Waals surface area contributed by atoms with Crippen LogP contribution in [0.3, 0.4) is 0 Å². The second-order valence-corrected chi connectivity index (χ2v) is 6.41. The van der Waals surface area contributed by atoms with Crippen molar-refractivity contribution in [3.05, 3.63) is 34.9 Å². The summed E-state index contributed by atoms with van der Waals surface area (Å²) in [6.45, 7) is 5.77. The summed E-state index contributed by atoms with van der Waals surface area (Å²) in [7, 11) is 0. The molecule has 0 amide bonds. The number of rotatable bonds is 7. The standard InChI is InChI=1S/C16H22ClNO4.Na/c1-16(2,3)22-14(19)10-18-9-8-13(15(20)21)11-4-6-12(17)7-5-11;/h4-7,13,18H,8-10H2,1-3H3,(H,20,21);/q;+1/p-1. The van der Waals surface area contributed by atoms with Crippen LogP contribution in [0.4, 0.5) is 0 Å². The minimum absolute atomic E-state index is 0. The number of carboxylic acids is 1. The summed E-state index contributed by atoms with van der Waals surface area (Å²) in [5.74, 6) is -2.27. The molecule has 0 saturated carbocycles. The monoisotopic (exact) mass is 349 g/mol. The van der Waals surface area contributed by atoms with E-state index in [4.69, 9.17) is 16.3 Å². The van der Waals surface area contributed by atoms with Gasteiger partial charge in [-0.15, -0.1) is 0 Å². The molecule has 0 aliphatic rings. The van der Waals surface area contributed by atoms with Gasteiger partial charge in [0.2, 0.25) is 0 Å². The molecule has 0 radical (unpaired) electrons. The Labute approximate surface area is 164 Å². The zero-order valence-corrected chi connectivity index (χ0v) is 16.8. The fraction of sp³-hybridized carbons (Fsp3) is 0.500. The van der Waals surface area contributed by atoms with Crippen LogP contribution in [0.2, 0.25) is 5.02 Å². The van der Waals surface area contributed by atoms with E-state index in [9.17, 15) is 14.7 Å². The molecule has 7 heteroatoms. The van der Waals surface area contributed by atoms with Gasteiger partial charge in [0, 0.05) is 16.9 Å². The van der Waals surface area contributed by atoms with Gasteiger partial charge >= 0.3 is 35.5 Å². The number of nitrogens with one attached hydrogen (secondary N) is 1. The van der Waals surface area contributed by atoms with Gasteiger partial charge in [0.25, 0.3) is 0 Å². The van der Waals surface area contributed by atoms with Crippen LogP contribution in [0.15, 0.2) is 24.3 Å². The van der Waals surface area contributed by atoms with Crippen molar-refractivity contribution >= 4 is 23.5 Å². The van der Waals surface area contributed by atoms with E-state index in [2.05, 4.69) is 5.32 Å². The Hall–Kier alpha value is -0.590. The van der Waals surface area contributed by atoms with E-state index in [0.29, 0.717) is 23.6 Å². The summed E-state index contributed by atoms with van der Waals surface area (Å²) in [6, 6.07) is 6.61. The van der Waals surface area contributed by atoms with E-state index in [-0.39, 0.29) is 42.1 Å². The summed E-state index contributed by atoms with van der Waals surface area (Å²) < 4.78 is 5.15. The molecular formula is C16H21ClNNaO4. The molecule has 23 heavy (non-hydrogen) atoms. The number of hydrogen-bond acceptors (Lipinski definition) is 5. The van der Waals surface area contributed by atoms with Gasteiger partial charge in [-0.1, -0.05) is 23.7 Å². The molecule has 0 aromatic heterocycles. The Bertz CT molecular complexity index is 514. The Morgan fingerprint density at radius 1 is 1.26 bits per heavy atom. The molecule has 1 unspecified atom stereocenters. The zero-order valence-electron chi connectivity index (χ0n) is 14.0. The van der Waals surface area contributed by atoms with Crippen molar-refractivity contribution in [1.29, 1.82) is 0 Å². The fourth-order valence-corrected chi connectivity index (χ4v) is 2.06. The van der Waals surface area contributed by atoms with E-state index in [1.807, 2.05) is 0 Å². The average molecular weight is 350 g/mol. The molecule has 0 aliphatic heterocycles. The number of ether oxygens (including phenoxy) is 1. The van der Waals surface area contributed by atoms with Crippen LogP contribution < -0.4 is 40.0 Å². The number of benzene rings is 1. The molecule has 1 N–H and O–H groups in total. The number of esters is 1. The van der Waals surface area contributed by atoms with Crippen molar-refractivity contribution in [2.75, 3.05) is 13.1 Å². The zero-order chi connectivity index (χ0) is 16.8. The topological polar surface area (TPSA) is 78.5 Å². The molecule has 5 nitrogen and oxygen atoms in total. The quantitative estimate of drug-likeness (QED) is 0.368. The van der Waals surface area contributed by atoms with Crippen molar-refractivity contribution in [3.63, 3.8) is 0 Å². The van der Waals surface area contributed by atoms with Crippen molar-refractivity contribution in [2.24, 2.45) is 0 Å². The van der Waals surface area contributed by atoms with Crippen LogP contribution >= 0.6 is 11.6 Å². The molecule has 0 spiro atoms. The van der Waals surface area contributed by atoms with E-state index in [0.717, 1.165) is 0 Å². The van der Waals surface area contributed by atoms with Crippen LogP contribution in [-0.4, -0.2) is 30.6 Å². The first-order valence-electron chi connectivity index (χ1n) is 7.08. The van der Waals surface area contributed by atoms with Gasteiger partial charge in [-0.05, 0) is 51.4 Å². The van der Waals surface area contributed by atoms with Crippen LogP contribution in [0.5, 0.6) is 0 Å². The van der Waals surface area contributed by atoms with E-state index in [1.165, 1.54) is 0 Å². The minimum atomic E-state index is -1.15. The normalized spacial score (nSPS) is 12.2. The molecule has 122 valence electrons. The SMILES string of the molecule is CC(C)(C)OC(=O)CNCCC(C(=O)[O-])c1ccc(Cl)cc1.[Na+]. The summed E-state index contributed by atoms with van der Waals surface area (Å²) in [5.41, 5.74) is 0.0961. The third-order valence-electron chi connectivity index (χ3n) is 2.86. The van der Waals surface area contributed by atoms with Gasteiger partial charge in [-0.25, -0.2) is 0 Å². The Kier molecular flexibility index (Phi) is 10.0. The van der Waals surface area contributed by atoms with E-state index >= 15 is 0 Å². The van der Waals surface area contributed by atoms with Crippen molar-refractivity contribution in [3.8, 4) is 0 Å². The van der Waals surface area contributed by atoms with Crippen molar-refractivity contribution in [2.45, 2.75) is 38.7 Å². The third kappa shape index (κ3) is 9.33. The number of carbonyl (C=O) groups is 2. The van der Waals surface area contributed by atoms with Crippen LogP contribution in [0.25, 0.3) is 0 Å². The van der Waals surface area contributed by atoms with Crippen LogP contribution in [0, 0.1) is 0 Å². The van der Waals surface area contributed by atoms with Crippen LogP contribution in [-0.2, 0) is 14.3 Å². The maximum atomic E-state index is 11.5. The molecule has 0 aliphatic carbocycles. The molecule has 1 aromatic carbocycles. The Morgan fingerprint density at radius 2 is 1.83 bits per heavy atom. The summed E-state index contributed by atoms with van der Waals surface area (Å²) in [6.07, 6.45) is 0.312. The first-order valence-corrected chi connectivity index (χ1v) is 7.46. The number of aliphatic carboxylic acids is 1. The van der Waals surface area contributed by atoms with Crippen molar-refractivity contribution < 1.29 is 49.0 Å². The van der Waals surface area contributed by atoms with E-state index < -0.39 is 17.5 Å². The number of carboxylic acid groups (broad SMARTS) is 1. The number of halogens is 1. The molecule has 0 heterocycles. The van der Waals surface area contributed by atoms with E-state index in [1.54, 1.807) is 45.0 Å². The molecule has 0 saturated heterocycles. The van der Waals surface area contributed by atoms with Crippen molar-refractivity contribution in [1.82, 2.24) is 5.32 Å². The maximum absolute atomic E-state index is 11.5. The second kappa shape index (κ2) is 10.3. The Balaban J connectivity index is 0.00000484. The van der Waals surface area contributed by atoms with Gasteiger partial charge in [0.05, 0.1) is 6.54 Å². The predicted molar refractivity (Wildman–Crippen MR) is 82.5 cm³/mol. The van der Waals surface area contributed by atoms with Crippen LogP contribution in [0.1, 0.15) is 38.7 Å². The largest absolute Gasteiger partial charge is 1.00 e. The molecule has 0 bridgehead atoms. The third-order valence-corrected chi connectivity index (χ3v) is 3.11. The predicted octanol–water partition coefficient (Wildman–Crippen LogP) is -1.50. The number of carbonyl (C=O) groups excluding carboxylic acids is 2. The summed E-state index contributed by atoms with van der Waals surface area (Å²) >= 11 is 5.78. The first-order chi connectivity index (χ1) is 10.2. The average Bonchev–Trinajstić information content (AvgIpc) is 2.37. The molecular weight excluding hydrogens is 329 g/mol. The Morgan fingerprint density at radius 3 is 2.30 bits per heavy atom. The summed E-state index contributed by atoms with van der Waals surface area (Å²) in [4.78, 5) is 22.8. The molecule has 1 aromatic rings. The van der Waals surface area contributed by atoms with Gasteiger partial charge < -0.3 is 20.0 Å². The molecule has 1 rings (SSSR count). The smallest absolute Gasteiger partial charge is 0.549 e. The van der Waals surface area contributed by atoms with Gasteiger partial charge in [-0.3, -0.25) is 4.79 Å². The molecule has 0 fully saturated rings. The number of hydrogen-bond donors (Lipinski definition) is 1. The minimum Gasteiger partial charge on any atom is -0.549 e. The van der Waals surface area contributed by atoms with Gasteiger partial charge in [0.15, 0.2) is 0 Å². The first kappa shape index (κ1) is 22.4. The maximum Gasteiger partial charge on any atom is 1.00 e. The van der Waals surface area contributed by atoms with Gasteiger partial charge in [-0.2, -0.15) is 0 Å².